The number of nitrogens with zero attached hydrogens (tertiary/aromatic N) is 4. The van der Waals surface area contributed by atoms with E-state index in [9.17, 15) is 0 Å². The zero-order valence-corrected chi connectivity index (χ0v) is 10.7. The van der Waals surface area contributed by atoms with Crippen molar-refractivity contribution >= 4 is 0 Å². The Morgan fingerprint density at radius 2 is 2.21 bits per heavy atom. The average molecular weight is 256 g/mol. The highest BCUT2D eigenvalue weighted by molar-refractivity contribution is 5.45. The maximum absolute atomic E-state index is 5.36. The van der Waals surface area contributed by atoms with Crippen LogP contribution in [-0.4, -0.2) is 20.1 Å². The Bertz CT molecular complexity index is 568. The van der Waals surface area contributed by atoms with Crippen molar-refractivity contribution in [2.75, 3.05) is 0 Å². The topological polar surface area (TPSA) is 64.7 Å². The lowest BCUT2D eigenvalue weighted by atomic mass is 9.86. The average Bonchev–Trinajstić information content (AvgIpc) is 3.16. The van der Waals surface area contributed by atoms with Gasteiger partial charge in [0.15, 0.2) is 0 Å². The van der Waals surface area contributed by atoms with E-state index in [-0.39, 0.29) is 0 Å². The van der Waals surface area contributed by atoms with E-state index >= 15 is 0 Å². The summed E-state index contributed by atoms with van der Waals surface area (Å²) in [5.74, 6) is 3.88. The molecule has 5 nitrogen and oxygen atoms in total. The minimum absolute atomic E-state index is 0.547. The third kappa shape index (κ3) is 2.03. The summed E-state index contributed by atoms with van der Waals surface area (Å²) in [5.41, 5.74) is 0.672. The van der Waals surface area contributed by atoms with E-state index in [0.29, 0.717) is 11.5 Å². The number of fused-ring (bicyclic) bond motifs is 2. The van der Waals surface area contributed by atoms with Gasteiger partial charge in [-0.2, -0.15) is 4.98 Å². The molecule has 2 saturated carbocycles. The summed E-state index contributed by atoms with van der Waals surface area (Å²) in [4.78, 5) is 12.7. The summed E-state index contributed by atoms with van der Waals surface area (Å²) in [5, 5.41) is 4.00. The second kappa shape index (κ2) is 4.40. The van der Waals surface area contributed by atoms with Crippen molar-refractivity contribution in [2.24, 2.45) is 17.8 Å². The van der Waals surface area contributed by atoms with Gasteiger partial charge in [-0.15, -0.1) is 0 Å². The molecule has 2 aromatic heterocycles. The molecule has 3 unspecified atom stereocenters. The maximum atomic E-state index is 5.36. The summed E-state index contributed by atoms with van der Waals surface area (Å²) in [6.07, 6.45) is 11.4. The molecular formula is C14H16N4O. The van der Waals surface area contributed by atoms with Gasteiger partial charge in [0.2, 0.25) is 11.7 Å². The fraction of sp³-hybridized carbons (Fsp3) is 0.571. The second-order valence-electron chi connectivity index (χ2n) is 5.74. The van der Waals surface area contributed by atoms with Crippen LogP contribution in [0, 0.1) is 17.8 Å². The molecule has 2 heterocycles. The second-order valence-corrected chi connectivity index (χ2v) is 5.74. The Labute approximate surface area is 111 Å². The summed E-state index contributed by atoms with van der Waals surface area (Å²) < 4.78 is 5.36. The monoisotopic (exact) mass is 256 g/mol. The lowest BCUT2D eigenvalue weighted by Crippen LogP contribution is -2.13. The summed E-state index contributed by atoms with van der Waals surface area (Å²) >= 11 is 0. The van der Waals surface area contributed by atoms with Crippen molar-refractivity contribution in [3.8, 4) is 11.5 Å². The van der Waals surface area contributed by atoms with E-state index in [1.54, 1.807) is 18.6 Å². The van der Waals surface area contributed by atoms with Crippen LogP contribution in [0.15, 0.2) is 23.1 Å². The molecule has 4 rings (SSSR count). The third-order valence-electron chi connectivity index (χ3n) is 4.58. The van der Waals surface area contributed by atoms with Gasteiger partial charge in [-0.1, -0.05) is 11.6 Å². The molecule has 98 valence electrons. The smallest absolute Gasteiger partial charge is 0.227 e. The van der Waals surface area contributed by atoms with E-state index in [2.05, 4.69) is 20.1 Å². The first-order valence-electron chi connectivity index (χ1n) is 6.97. The quantitative estimate of drug-likeness (QED) is 0.844. The first-order chi connectivity index (χ1) is 9.38. The van der Waals surface area contributed by atoms with Crippen molar-refractivity contribution in [1.29, 1.82) is 0 Å². The van der Waals surface area contributed by atoms with Gasteiger partial charge in [0.25, 0.3) is 0 Å². The van der Waals surface area contributed by atoms with E-state index in [1.165, 1.54) is 25.7 Å². The number of hydrogen-bond donors (Lipinski definition) is 0. The van der Waals surface area contributed by atoms with Crippen LogP contribution in [0.3, 0.4) is 0 Å². The number of aromatic nitrogens is 4. The van der Waals surface area contributed by atoms with Gasteiger partial charge in [-0.25, -0.2) is 4.98 Å². The molecule has 2 fully saturated rings. The van der Waals surface area contributed by atoms with Crippen molar-refractivity contribution in [3.05, 3.63) is 24.5 Å². The molecular weight excluding hydrogens is 240 g/mol. The predicted octanol–water partition coefficient (Wildman–Crippen LogP) is 2.51. The van der Waals surface area contributed by atoms with E-state index in [1.807, 2.05) is 0 Å². The molecule has 0 aliphatic heterocycles. The molecule has 0 amide bonds. The molecule has 19 heavy (non-hydrogen) atoms. The van der Waals surface area contributed by atoms with Crippen LogP contribution in [-0.2, 0) is 6.42 Å². The van der Waals surface area contributed by atoms with E-state index < -0.39 is 0 Å². The van der Waals surface area contributed by atoms with Gasteiger partial charge in [0, 0.05) is 18.8 Å². The molecule has 5 heteroatoms. The van der Waals surface area contributed by atoms with E-state index in [4.69, 9.17) is 4.52 Å². The largest absolute Gasteiger partial charge is 0.339 e. The molecule has 2 aliphatic rings. The molecule has 2 aliphatic carbocycles. The number of rotatable bonds is 3. The van der Waals surface area contributed by atoms with Crippen molar-refractivity contribution < 1.29 is 4.52 Å². The Hall–Kier alpha value is -1.78. The molecule has 2 aromatic rings. The number of hydrogen-bond acceptors (Lipinski definition) is 5. The Morgan fingerprint density at radius 1 is 1.21 bits per heavy atom. The molecule has 3 atom stereocenters. The predicted molar refractivity (Wildman–Crippen MR) is 68.0 cm³/mol. The first-order valence-corrected chi connectivity index (χ1v) is 6.97. The highest BCUT2D eigenvalue weighted by atomic mass is 16.5. The van der Waals surface area contributed by atoms with Crippen LogP contribution in [0.5, 0.6) is 0 Å². The molecule has 0 aromatic carbocycles. The van der Waals surface area contributed by atoms with Gasteiger partial charge in [-0.3, -0.25) is 4.98 Å². The van der Waals surface area contributed by atoms with Crippen LogP contribution in [0.25, 0.3) is 11.5 Å². The molecule has 0 radical (unpaired) electrons. The SMILES string of the molecule is c1cnc(-c2noc(CC3CC4CCC3C4)n2)cn1. The van der Waals surface area contributed by atoms with Gasteiger partial charge >= 0.3 is 0 Å². The normalized spacial score (nSPS) is 28.9. The van der Waals surface area contributed by atoms with Gasteiger partial charge in [0.1, 0.15) is 5.69 Å². The lowest BCUT2D eigenvalue weighted by molar-refractivity contribution is 0.288. The van der Waals surface area contributed by atoms with Crippen LogP contribution in [0.2, 0.25) is 0 Å². The standard InChI is InChI=1S/C14H16N4O/c1-2-10-5-9(1)6-11(10)7-13-17-14(18-19-13)12-8-15-3-4-16-12/h3-4,8-11H,1-2,5-7H2. The van der Waals surface area contributed by atoms with Gasteiger partial charge < -0.3 is 4.52 Å². The zero-order chi connectivity index (χ0) is 12.7. The van der Waals surface area contributed by atoms with Crippen molar-refractivity contribution in [2.45, 2.75) is 32.1 Å². The summed E-state index contributed by atoms with van der Waals surface area (Å²) in [6, 6.07) is 0. The maximum Gasteiger partial charge on any atom is 0.227 e. The first kappa shape index (κ1) is 11.1. The Kier molecular flexibility index (Phi) is 2.57. The minimum Gasteiger partial charge on any atom is -0.339 e. The lowest BCUT2D eigenvalue weighted by Gasteiger charge is -2.19. The van der Waals surface area contributed by atoms with Crippen molar-refractivity contribution in [3.63, 3.8) is 0 Å². The molecule has 2 bridgehead atoms. The minimum atomic E-state index is 0.547. The zero-order valence-electron chi connectivity index (χ0n) is 10.7. The van der Waals surface area contributed by atoms with Crippen LogP contribution in [0.1, 0.15) is 31.6 Å². The van der Waals surface area contributed by atoms with E-state index in [0.717, 1.165) is 30.1 Å². The van der Waals surface area contributed by atoms with Crippen LogP contribution < -0.4 is 0 Å². The molecule has 0 N–H and O–H groups in total. The summed E-state index contributed by atoms with van der Waals surface area (Å²) in [7, 11) is 0. The third-order valence-corrected chi connectivity index (χ3v) is 4.58. The Balaban J connectivity index is 1.50. The fourth-order valence-electron chi connectivity index (χ4n) is 3.71. The Morgan fingerprint density at radius 3 is 2.95 bits per heavy atom. The molecule has 0 spiro atoms. The van der Waals surface area contributed by atoms with Gasteiger partial charge in [-0.05, 0) is 37.0 Å². The highest BCUT2D eigenvalue weighted by Gasteiger charge is 2.40. The highest BCUT2D eigenvalue weighted by Crippen LogP contribution is 2.49. The van der Waals surface area contributed by atoms with Crippen molar-refractivity contribution in [1.82, 2.24) is 20.1 Å². The summed E-state index contributed by atoms with van der Waals surface area (Å²) in [6.45, 7) is 0. The molecule has 0 saturated heterocycles. The van der Waals surface area contributed by atoms with Crippen LogP contribution in [0.4, 0.5) is 0 Å². The fourth-order valence-corrected chi connectivity index (χ4v) is 3.71. The van der Waals surface area contributed by atoms with Crippen LogP contribution >= 0.6 is 0 Å². The van der Waals surface area contributed by atoms with Gasteiger partial charge in [0.05, 0.1) is 6.20 Å².